The highest BCUT2D eigenvalue weighted by atomic mass is 32.1. The van der Waals surface area contributed by atoms with Crippen LogP contribution in [0.1, 0.15) is 11.1 Å². The van der Waals surface area contributed by atoms with Crippen molar-refractivity contribution in [2.24, 2.45) is 4.99 Å². The van der Waals surface area contributed by atoms with Gasteiger partial charge in [-0.2, -0.15) is 11.3 Å². The van der Waals surface area contributed by atoms with Crippen molar-refractivity contribution in [3.8, 4) is 5.75 Å². The fourth-order valence-corrected chi connectivity index (χ4v) is 2.71. The summed E-state index contributed by atoms with van der Waals surface area (Å²) in [4.78, 5) is 6.43. The Morgan fingerprint density at radius 1 is 1.24 bits per heavy atom. The zero-order valence-corrected chi connectivity index (χ0v) is 13.5. The van der Waals surface area contributed by atoms with Gasteiger partial charge in [-0.25, -0.2) is 0 Å². The highest BCUT2D eigenvalue weighted by Crippen LogP contribution is 2.12. The van der Waals surface area contributed by atoms with Crippen LogP contribution in [0.15, 0.2) is 46.1 Å². The van der Waals surface area contributed by atoms with Gasteiger partial charge in [-0.05, 0) is 40.1 Å². The largest absolute Gasteiger partial charge is 0.497 e. The number of thiophene rings is 1. The molecule has 0 fully saturated rings. The SMILES string of the molecule is CN=C(NCc1ccsc1)N(C)Cc1ccc(OC)cc1. The van der Waals surface area contributed by atoms with E-state index in [0.29, 0.717) is 0 Å². The summed E-state index contributed by atoms with van der Waals surface area (Å²) in [6, 6.07) is 10.2. The van der Waals surface area contributed by atoms with E-state index in [4.69, 9.17) is 4.74 Å². The summed E-state index contributed by atoms with van der Waals surface area (Å²) < 4.78 is 5.17. The third kappa shape index (κ3) is 4.49. The number of hydrogen-bond acceptors (Lipinski definition) is 3. The van der Waals surface area contributed by atoms with E-state index in [1.807, 2.05) is 19.2 Å². The Morgan fingerprint density at radius 3 is 2.57 bits per heavy atom. The molecule has 0 radical (unpaired) electrons. The first-order valence-electron chi connectivity index (χ1n) is 6.78. The summed E-state index contributed by atoms with van der Waals surface area (Å²) in [5.74, 6) is 1.76. The number of nitrogens with zero attached hydrogens (tertiary/aromatic N) is 2. The molecule has 4 nitrogen and oxygen atoms in total. The van der Waals surface area contributed by atoms with Crippen molar-refractivity contribution in [1.82, 2.24) is 10.2 Å². The molecular formula is C16H21N3OS. The molecule has 0 spiro atoms. The molecule has 0 aliphatic carbocycles. The molecular weight excluding hydrogens is 282 g/mol. The number of aliphatic imine (C=N–C) groups is 1. The zero-order chi connectivity index (χ0) is 15.1. The Kier molecular flexibility index (Phi) is 5.63. The Hall–Kier alpha value is -2.01. The lowest BCUT2D eigenvalue weighted by Gasteiger charge is -2.22. The molecule has 0 bridgehead atoms. The van der Waals surface area contributed by atoms with Crippen molar-refractivity contribution in [1.29, 1.82) is 0 Å². The minimum absolute atomic E-state index is 0.795. The molecule has 1 N–H and O–H groups in total. The fourth-order valence-electron chi connectivity index (χ4n) is 2.04. The Bertz CT molecular complexity index is 564. The maximum absolute atomic E-state index is 5.17. The topological polar surface area (TPSA) is 36.9 Å². The summed E-state index contributed by atoms with van der Waals surface area (Å²) >= 11 is 1.71. The summed E-state index contributed by atoms with van der Waals surface area (Å²) in [5.41, 5.74) is 2.50. The quantitative estimate of drug-likeness (QED) is 0.681. The minimum atomic E-state index is 0.795. The normalized spacial score (nSPS) is 11.3. The molecule has 0 aliphatic rings. The van der Waals surface area contributed by atoms with Gasteiger partial charge < -0.3 is 15.0 Å². The van der Waals surface area contributed by atoms with Gasteiger partial charge in [-0.15, -0.1) is 0 Å². The van der Waals surface area contributed by atoms with Gasteiger partial charge in [0.25, 0.3) is 0 Å². The van der Waals surface area contributed by atoms with Crippen LogP contribution >= 0.6 is 11.3 Å². The lowest BCUT2D eigenvalue weighted by atomic mass is 10.2. The molecule has 1 aromatic heterocycles. The Labute approximate surface area is 130 Å². The van der Waals surface area contributed by atoms with Gasteiger partial charge in [-0.3, -0.25) is 4.99 Å². The number of benzene rings is 1. The molecule has 5 heteroatoms. The van der Waals surface area contributed by atoms with Crippen LogP contribution in [-0.4, -0.2) is 32.1 Å². The van der Waals surface area contributed by atoms with Crippen LogP contribution in [0, 0.1) is 0 Å². The average molecular weight is 303 g/mol. The third-order valence-corrected chi connectivity index (χ3v) is 3.91. The smallest absolute Gasteiger partial charge is 0.193 e. The summed E-state index contributed by atoms with van der Waals surface area (Å²) in [6.45, 7) is 1.59. The van der Waals surface area contributed by atoms with E-state index in [1.165, 1.54) is 11.1 Å². The van der Waals surface area contributed by atoms with E-state index in [0.717, 1.165) is 24.8 Å². The van der Waals surface area contributed by atoms with E-state index in [2.05, 4.69) is 44.2 Å². The van der Waals surface area contributed by atoms with Crippen molar-refractivity contribution in [2.45, 2.75) is 13.1 Å². The molecule has 1 heterocycles. The van der Waals surface area contributed by atoms with E-state index < -0.39 is 0 Å². The first-order chi connectivity index (χ1) is 10.2. The van der Waals surface area contributed by atoms with Gasteiger partial charge in [0.15, 0.2) is 5.96 Å². The maximum atomic E-state index is 5.17. The molecule has 1 aromatic carbocycles. The number of methoxy groups -OCH3 is 1. The predicted octanol–water partition coefficient (Wildman–Crippen LogP) is 2.96. The van der Waals surface area contributed by atoms with Crippen LogP contribution in [0.3, 0.4) is 0 Å². The zero-order valence-electron chi connectivity index (χ0n) is 12.7. The average Bonchev–Trinajstić information content (AvgIpc) is 3.02. The maximum Gasteiger partial charge on any atom is 0.193 e. The number of nitrogens with one attached hydrogen (secondary N) is 1. The van der Waals surface area contributed by atoms with Crippen LogP contribution in [0.5, 0.6) is 5.75 Å². The van der Waals surface area contributed by atoms with E-state index in [-0.39, 0.29) is 0 Å². The lowest BCUT2D eigenvalue weighted by molar-refractivity contribution is 0.414. The predicted molar refractivity (Wildman–Crippen MR) is 89.0 cm³/mol. The van der Waals surface area contributed by atoms with Gasteiger partial charge in [0.1, 0.15) is 5.75 Å². The van der Waals surface area contributed by atoms with Crippen LogP contribution in [0.4, 0.5) is 0 Å². The summed E-state index contributed by atoms with van der Waals surface area (Å²) in [6.07, 6.45) is 0. The molecule has 112 valence electrons. The van der Waals surface area contributed by atoms with Crippen molar-refractivity contribution in [2.75, 3.05) is 21.2 Å². The first-order valence-corrected chi connectivity index (χ1v) is 7.73. The van der Waals surface area contributed by atoms with E-state index >= 15 is 0 Å². The fraction of sp³-hybridized carbons (Fsp3) is 0.312. The second kappa shape index (κ2) is 7.69. The molecule has 0 saturated heterocycles. The summed E-state index contributed by atoms with van der Waals surface area (Å²) in [5, 5.41) is 7.60. The standard InChI is InChI=1S/C16H21N3OS/c1-17-16(18-10-14-8-9-21-12-14)19(2)11-13-4-6-15(20-3)7-5-13/h4-9,12H,10-11H2,1-3H3,(H,17,18). The Balaban J connectivity index is 1.91. The molecule has 0 saturated carbocycles. The second-order valence-corrected chi connectivity index (χ2v) is 5.52. The number of guanidine groups is 1. The summed E-state index contributed by atoms with van der Waals surface area (Å²) in [7, 11) is 5.52. The van der Waals surface area contributed by atoms with Gasteiger partial charge in [0.2, 0.25) is 0 Å². The van der Waals surface area contributed by atoms with Crippen molar-refractivity contribution in [3.05, 3.63) is 52.2 Å². The van der Waals surface area contributed by atoms with Crippen molar-refractivity contribution >= 4 is 17.3 Å². The molecule has 21 heavy (non-hydrogen) atoms. The first kappa shape index (κ1) is 15.4. The van der Waals surface area contributed by atoms with Crippen LogP contribution in [0.2, 0.25) is 0 Å². The van der Waals surface area contributed by atoms with Crippen LogP contribution in [-0.2, 0) is 13.1 Å². The molecule has 0 atom stereocenters. The van der Waals surface area contributed by atoms with Crippen LogP contribution in [0.25, 0.3) is 0 Å². The Morgan fingerprint density at radius 2 is 2.00 bits per heavy atom. The highest BCUT2D eigenvalue weighted by molar-refractivity contribution is 7.07. The molecule has 2 aromatic rings. The molecule has 0 amide bonds. The number of hydrogen-bond donors (Lipinski definition) is 1. The monoisotopic (exact) mass is 303 g/mol. The number of ether oxygens (including phenoxy) is 1. The van der Waals surface area contributed by atoms with Gasteiger partial charge in [0, 0.05) is 27.2 Å². The van der Waals surface area contributed by atoms with Gasteiger partial charge >= 0.3 is 0 Å². The van der Waals surface area contributed by atoms with Crippen molar-refractivity contribution < 1.29 is 4.74 Å². The van der Waals surface area contributed by atoms with Crippen molar-refractivity contribution in [3.63, 3.8) is 0 Å². The molecule has 0 aliphatic heterocycles. The second-order valence-electron chi connectivity index (χ2n) is 4.74. The van der Waals surface area contributed by atoms with Gasteiger partial charge in [-0.1, -0.05) is 12.1 Å². The van der Waals surface area contributed by atoms with Crippen LogP contribution < -0.4 is 10.1 Å². The third-order valence-electron chi connectivity index (χ3n) is 3.18. The molecule has 0 unspecified atom stereocenters. The number of rotatable bonds is 5. The van der Waals surface area contributed by atoms with E-state index in [1.54, 1.807) is 25.5 Å². The van der Waals surface area contributed by atoms with Gasteiger partial charge in [0.05, 0.1) is 7.11 Å². The highest BCUT2D eigenvalue weighted by Gasteiger charge is 2.06. The lowest BCUT2D eigenvalue weighted by Crippen LogP contribution is -2.37. The molecule has 2 rings (SSSR count). The minimum Gasteiger partial charge on any atom is -0.497 e. The van der Waals surface area contributed by atoms with E-state index in [9.17, 15) is 0 Å².